The van der Waals surface area contributed by atoms with Gasteiger partial charge in [0.2, 0.25) is 11.8 Å². The maximum absolute atomic E-state index is 12.2. The normalized spacial score (nSPS) is 11.6. The van der Waals surface area contributed by atoms with Gasteiger partial charge in [-0.1, -0.05) is 12.1 Å². The molecular weight excluding hydrogens is 276 g/mol. The Hall–Kier alpha value is -1.69. The third-order valence-corrected chi connectivity index (χ3v) is 3.15. The van der Waals surface area contributed by atoms with Crippen molar-refractivity contribution in [2.45, 2.75) is 19.5 Å². The molecule has 0 saturated carbocycles. The van der Waals surface area contributed by atoms with E-state index < -0.39 is 6.04 Å². The highest BCUT2D eigenvalue weighted by molar-refractivity contribution is 7.80. The van der Waals surface area contributed by atoms with Crippen molar-refractivity contribution < 1.29 is 14.3 Å². The fourth-order valence-corrected chi connectivity index (χ4v) is 2.07. The Morgan fingerprint density at radius 3 is 2.70 bits per heavy atom. The Morgan fingerprint density at radius 1 is 1.45 bits per heavy atom. The van der Waals surface area contributed by atoms with Crippen LogP contribution in [0.4, 0.5) is 0 Å². The Bertz CT molecular complexity index is 479. The van der Waals surface area contributed by atoms with Crippen LogP contribution in [0.1, 0.15) is 12.5 Å². The summed E-state index contributed by atoms with van der Waals surface area (Å²) in [6.45, 7) is 1.83. The van der Waals surface area contributed by atoms with Gasteiger partial charge in [0.1, 0.15) is 11.8 Å². The van der Waals surface area contributed by atoms with Crippen LogP contribution < -0.4 is 10.1 Å². The minimum Gasteiger partial charge on any atom is -0.497 e. The number of rotatable bonds is 6. The number of carbonyl (C=O) groups excluding carboxylic acids is 2. The van der Waals surface area contributed by atoms with Crippen LogP contribution in [0.15, 0.2) is 24.3 Å². The maximum atomic E-state index is 12.2. The lowest BCUT2D eigenvalue weighted by molar-refractivity contribution is -0.134. The van der Waals surface area contributed by atoms with E-state index in [4.69, 9.17) is 4.74 Å². The monoisotopic (exact) mass is 296 g/mol. The molecule has 1 rings (SSSR count). The van der Waals surface area contributed by atoms with Gasteiger partial charge in [-0.3, -0.25) is 9.59 Å². The zero-order valence-corrected chi connectivity index (χ0v) is 12.8. The fourth-order valence-electron chi connectivity index (χ4n) is 1.82. The van der Waals surface area contributed by atoms with Crippen LogP contribution in [0.2, 0.25) is 0 Å². The molecule has 20 heavy (non-hydrogen) atoms. The Kier molecular flexibility index (Phi) is 6.38. The Labute approximate surface area is 124 Å². The minimum absolute atomic E-state index is 0.169. The first-order chi connectivity index (χ1) is 9.47. The molecule has 0 radical (unpaired) electrons. The molecule has 0 heterocycles. The SMILES string of the molecule is COc1cccc(CN(C)C(=O)C(CS)NC(C)=O)c1. The molecule has 110 valence electrons. The van der Waals surface area contributed by atoms with Crippen LogP contribution in [0, 0.1) is 0 Å². The molecule has 0 fully saturated rings. The summed E-state index contributed by atoms with van der Waals surface area (Å²) < 4.78 is 5.15. The van der Waals surface area contributed by atoms with Gasteiger partial charge >= 0.3 is 0 Å². The van der Waals surface area contributed by atoms with E-state index >= 15 is 0 Å². The van der Waals surface area contributed by atoms with Crippen LogP contribution in [0.3, 0.4) is 0 Å². The van der Waals surface area contributed by atoms with E-state index in [0.29, 0.717) is 6.54 Å². The zero-order chi connectivity index (χ0) is 15.1. The van der Waals surface area contributed by atoms with Crippen LogP contribution in [0.5, 0.6) is 5.75 Å². The summed E-state index contributed by atoms with van der Waals surface area (Å²) in [4.78, 5) is 24.8. The highest BCUT2D eigenvalue weighted by Crippen LogP contribution is 2.14. The van der Waals surface area contributed by atoms with Gasteiger partial charge in [-0.25, -0.2) is 0 Å². The lowest BCUT2D eigenvalue weighted by Gasteiger charge is -2.23. The molecular formula is C14H20N2O3S. The predicted octanol–water partition coefficient (Wildman–Crippen LogP) is 1.09. The van der Waals surface area contributed by atoms with Crippen LogP contribution in [-0.2, 0) is 16.1 Å². The lowest BCUT2D eigenvalue weighted by atomic mass is 10.2. The van der Waals surface area contributed by atoms with Gasteiger partial charge < -0.3 is 15.0 Å². The lowest BCUT2D eigenvalue weighted by Crippen LogP contribution is -2.47. The van der Waals surface area contributed by atoms with E-state index in [0.717, 1.165) is 11.3 Å². The number of likely N-dealkylation sites (N-methyl/N-ethyl adjacent to an activating group) is 1. The molecule has 1 aromatic rings. The van der Waals surface area contributed by atoms with Gasteiger partial charge in [0.05, 0.1) is 7.11 Å². The van der Waals surface area contributed by atoms with E-state index in [1.54, 1.807) is 19.1 Å². The summed E-state index contributed by atoms with van der Waals surface area (Å²) in [7, 11) is 3.29. The molecule has 2 amide bonds. The van der Waals surface area contributed by atoms with Gasteiger partial charge in [0, 0.05) is 26.3 Å². The van der Waals surface area contributed by atoms with Crippen LogP contribution >= 0.6 is 12.6 Å². The molecule has 0 spiro atoms. The summed E-state index contributed by atoms with van der Waals surface area (Å²) in [5.74, 6) is 0.599. The molecule has 1 unspecified atom stereocenters. The molecule has 0 aliphatic rings. The van der Waals surface area contributed by atoms with Gasteiger partial charge in [-0.15, -0.1) is 0 Å². The number of ether oxygens (including phenoxy) is 1. The molecule has 0 saturated heterocycles. The number of amides is 2. The topological polar surface area (TPSA) is 58.6 Å². The molecule has 0 aromatic heterocycles. The molecule has 0 aliphatic heterocycles. The first-order valence-corrected chi connectivity index (χ1v) is 6.87. The van der Waals surface area contributed by atoms with Crippen molar-refractivity contribution in [2.75, 3.05) is 19.9 Å². The van der Waals surface area contributed by atoms with Gasteiger partial charge in [0.25, 0.3) is 0 Å². The second-order valence-electron chi connectivity index (χ2n) is 4.48. The first-order valence-electron chi connectivity index (χ1n) is 6.23. The van der Waals surface area contributed by atoms with Gasteiger partial charge in [-0.05, 0) is 17.7 Å². The maximum Gasteiger partial charge on any atom is 0.246 e. The third-order valence-electron chi connectivity index (χ3n) is 2.79. The summed E-state index contributed by atoms with van der Waals surface area (Å²) in [5.41, 5.74) is 0.959. The number of methoxy groups -OCH3 is 1. The molecule has 6 heteroatoms. The number of thiol groups is 1. The second kappa shape index (κ2) is 7.79. The quantitative estimate of drug-likeness (QED) is 0.773. The average Bonchev–Trinajstić information content (AvgIpc) is 2.43. The molecule has 0 aliphatic carbocycles. The smallest absolute Gasteiger partial charge is 0.246 e. The number of nitrogens with zero attached hydrogens (tertiary/aromatic N) is 1. The van der Waals surface area contributed by atoms with Crippen molar-refractivity contribution in [3.8, 4) is 5.75 Å². The number of benzene rings is 1. The van der Waals surface area contributed by atoms with Crippen molar-refractivity contribution in [2.24, 2.45) is 0 Å². The third kappa shape index (κ3) is 4.77. The van der Waals surface area contributed by atoms with E-state index in [1.807, 2.05) is 24.3 Å². The highest BCUT2D eigenvalue weighted by Gasteiger charge is 2.21. The van der Waals surface area contributed by atoms with Crippen molar-refractivity contribution in [1.82, 2.24) is 10.2 Å². The standard InChI is InChI=1S/C14H20N2O3S/c1-10(17)15-13(9-20)14(18)16(2)8-11-5-4-6-12(7-11)19-3/h4-7,13,20H,8-9H2,1-3H3,(H,15,17). The zero-order valence-electron chi connectivity index (χ0n) is 11.9. The van der Waals surface area contributed by atoms with E-state index in [9.17, 15) is 9.59 Å². The summed E-state index contributed by atoms with van der Waals surface area (Å²) >= 11 is 4.10. The van der Waals surface area contributed by atoms with E-state index in [-0.39, 0.29) is 17.6 Å². The van der Waals surface area contributed by atoms with E-state index in [1.165, 1.54) is 6.92 Å². The van der Waals surface area contributed by atoms with Gasteiger partial charge in [0.15, 0.2) is 0 Å². The number of hydrogen-bond acceptors (Lipinski definition) is 4. The molecule has 1 aromatic carbocycles. The first kappa shape index (κ1) is 16.4. The molecule has 5 nitrogen and oxygen atoms in total. The van der Waals surface area contributed by atoms with Crippen molar-refractivity contribution in [3.05, 3.63) is 29.8 Å². The average molecular weight is 296 g/mol. The summed E-state index contributed by atoms with van der Waals surface area (Å²) in [6.07, 6.45) is 0. The summed E-state index contributed by atoms with van der Waals surface area (Å²) in [5, 5.41) is 2.59. The number of carbonyl (C=O) groups is 2. The number of nitrogens with one attached hydrogen (secondary N) is 1. The highest BCUT2D eigenvalue weighted by atomic mass is 32.1. The van der Waals surface area contributed by atoms with Crippen LogP contribution in [-0.4, -0.2) is 42.7 Å². The molecule has 1 N–H and O–H groups in total. The second-order valence-corrected chi connectivity index (χ2v) is 4.85. The largest absolute Gasteiger partial charge is 0.497 e. The minimum atomic E-state index is -0.605. The van der Waals surface area contributed by atoms with Crippen molar-refractivity contribution >= 4 is 24.4 Å². The predicted molar refractivity (Wildman–Crippen MR) is 80.9 cm³/mol. The molecule has 1 atom stereocenters. The number of hydrogen-bond donors (Lipinski definition) is 2. The fraction of sp³-hybridized carbons (Fsp3) is 0.429. The van der Waals surface area contributed by atoms with Gasteiger partial charge in [-0.2, -0.15) is 12.6 Å². The summed E-state index contributed by atoms with van der Waals surface area (Å²) in [6, 6.07) is 6.90. The molecule has 0 bridgehead atoms. The Morgan fingerprint density at radius 2 is 2.15 bits per heavy atom. The van der Waals surface area contributed by atoms with Crippen molar-refractivity contribution in [1.29, 1.82) is 0 Å². The van der Waals surface area contributed by atoms with E-state index in [2.05, 4.69) is 17.9 Å². The Balaban J connectivity index is 2.70. The van der Waals surface area contributed by atoms with Crippen molar-refractivity contribution in [3.63, 3.8) is 0 Å². The van der Waals surface area contributed by atoms with Crippen LogP contribution in [0.25, 0.3) is 0 Å².